The Morgan fingerprint density at radius 1 is 1.23 bits per heavy atom. The van der Waals surface area contributed by atoms with Gasteiger partial charge < -0.3 is 10.4 Å². The summed E-state index contributed by atoms with van der Waals surface area (Å²) in [6.45, 7) is 5.11. The fourth-order valence-corrected chi connectivity index (χ4v) is 2.86. The largest absolute Gasteiger partial charge is 0.494 e. The van der Waals surface area contributed by atoms with E-state index in [0.29, 0.717) is 0 Å². The number of aromatic hydroxyl groups is 1. The van der Waals surface area contributed by atoms with E-state index >= 15 is 0 Å². The van der Waals surface area contributed by atoms with E-state index in [1.165, 1.54) is 0 Å². The normalized spacial score (nSPS) is 16.5. The molecule has 1 fully saturated rings. The van der Waals surface area contributed by atoms with Gasteiger partial charge in [0.2, 0.25) is 5.88 Å². The summed E-state index contributed by atoms with van der Waals surface area (Å²) in [5.41, 5.74) is -2.76. The third kappa shape index (κ3) is 3.23. The lowest BCUT2D eigenvalue weighted by atomic mass is 9.95. The zero-order valence-electron chi connectivity index (χ0n) is 13.2. The molecule has 7 nitrogen and oxygen atoms in total. The van der Waals surface area contributed by atoms with Gasteiger partial charge in [-0.05, 0) is 33.6 Å². The van der Waals surface area contributed by atoms with Crippen molar-refractivity contribution in [1.82, 2.24) is 14.9 Å². The fraction of sp³-hybridized carbons (Fsp3) is 0.667. The van der Waals surface area contributed by atoms with Crippen LogP contribution in [0.25, 0.3) is 0 Å². The van der Waals surface area contributed by atoms with Crippen LogP contribution in [0.5, 0.6) is 5.88 Å². The van der Waals surface area contributed by atoms with E-state index < -0.39 is 34.1 Å². The molecule has 1 heterocycles. The molecule has 0 aromatic carbocycles. The molecule has 1 saturated carbocycles. The monoisotopic (exact) mass is 309 g/mol. The van der Waals surface area contributed by atoms with E-state index in [4.69, 9.17) is 0 Å². The number of aromatic amines is 1. The Kier molecular flexibility index (Phi) is 4.44. The van der Waals surface area contributed by atoms with Gasteiger partial charge in [-0.2, -0.15) is 0 Å². The van der Waals surface area contributed by atoms with Crippen LogP contribution in [0, 0.1) is 0 Å². The number of rotatable bonds is 2. The van der Waals surface area contributed by atoms with Crippen molar-refractivity contribution in [1.29, 1.82) is 0 Å². The average molecular weight is 309 g/mol. The van der Waals surface area contributed by atoms with Crippen LogP contribution in [0.2, 0.25) is 0 Å². The minimum atomic E-state index is -0.865. The highest BCUT2D eigenvalue weighted by Gasteiger charge is 2.28. The van der Waals surface area contributed by atoms with Crippen molar-refractivity contribution >= 4 is 5.91 Å². The van der Waals surface area contributed by atoms with Gasteiger partial charge in [0, 0.05) is 11.6 Å². The van der Waals surface area contributed by atoms with Gasteiger partial charge in [-0.25, -0.2) is 4.79 Å². The third-order valence-electron chi connectivity index (χ3n) is 3.92. The number of nitrogens with zero attached hydrogens (tertiary/aromatic N) is 1. The minimum absolute atomic E-state index is 0.00932. The van der Waals surface area contributed by atoms with Crippen LogP contribution in [0.3, 0.4) is 0 Å². The fourth-order valence-electron chi connectivity index (χ4n) is 2.86. The first kappa shape index (κ1) is 16.3. The molecule has 0 atom stereocenters. The summed E-state index contributed by atoms with van der Waals surface area (Å²) < 4.78 is 1.02. The van der Waals surface area contributed by atoms with Crippen LogP contribution in [-0.2, 0) is 5.54 Å². The molecule has 1 aromatic rings. The van der Waals surface area contributed by atoms with Gasteiger partial charge >= 0.3 is 5.69 Å². The minimum Gasteiger partial charge on any atom is -0.494 e. The van der Waals surface area contributed by atoms with Gasteiger partial charge in [0.15, 0.2) is 5.56 Å². The van der Waals surface area contributed by atoms with E-state index in [1.54, 1.807) is 20.8 Å². The Morgan fingerprint density at radius 2 is 1.82 bits per heavy atom. The molecule has 2 rings (SSSR count). The number of amides is 1. The maximum Gasteiger partial charge on any atom is 0.331 e. The number of aromatic nitrogens is 2. The summed E-state index contributed by atoms with van der Waals surface area (Å²) in [7, 11) is 0. The van der Waals surface area contributed by atoms with Gasteiger partial charge in [-0.1, -0.05) is 19.3 Å². The average Bonchev–Trinajstić information content (AvgIpc) is 2.37. The smallest absolute Gasteiger partial charge is 0.331 e. The summed E-state index contributed by atoms with van der Waals surface area (Å²) in [5.74, 6) is -1.22. The van der Waals surface area contributed by atoms with E-state index in [1.807, 2.05) is 0 Å². The highest BCUT2D eigenvalue weighted by Crippen LogP contribution is 2.21. The molecular weight excluding hydrogens is 286 g/mol. The molecule has 0 radical (unpaired) electrons. The van der Waals surface area contributed by atoms with Gasteiger partial charge in [-0.15, -0.1) is 0 Å². The summed E-state index contributed by atoms with van der Waals surface area (Å²) in [6, 6.07) is 0.00932. The molecule has 0 saturated heterocycles. The van der Waals surface area contributed by atoms with Crippen LogP contribution in [-0.4, -0.2) is 26.6 Å². The van der Waals surface area contributed by atoms with Crippen LogP contribution in [0.4, 0.5) is 0 Å². The molecule has 22 heavy (non-hydrogen) atoms. The predicted molar refractivity (Wildman–Crippen MR) is 82.3 cm³/mol. The van der Waals surface area contributed by atoms with E-state index in [9.17, 15) is 19.5 Å². The van der Waals surface area contributed by atoms with Crippen LogP contribution < -0.4 is 16.6 Å². The van der Waals surface area contributed by atoms with Crippen LogP contribution in [0.15, 0.2) is 9.59 Å². The Bertz CT molecular complexity index is 675. The second-order valence-electron chi connectivity index (χ2n) is 6.77. The summed E-state index contributed by atoms with van der Waals surface area (Å²) in [4.78, 5) is 38.3. The third-order valence-corrected chi connectivity index (χ3v) is 3.92. The van der Waals surface area contributed by atoms with Crippen molar-refractivity contribution in [2.75, 3.05) is 0 Å². The topological polar surface area (TPSA) is 104 Å². The van der Waals surface area contributed by atoms with Crippen molar-refractivity contribution < 1.29 is 9.90 Å². The van der Waals surface area contributed by atoms with E-state index in [2.05, 4.69) is 10.3 Å². The Hall–Kier alpha value is -2.05. The molecule has 1 aliphatic rings. The molecule has 1 aromatic heterocycles. The molecule has 0 spiro atoms. The van der Waals surface area contributed by atoms with Crippen molar-refractivity contribution in [2.45, 2.75) is 64.5 Å². The maximum absolute atomic E-state index is 12.3. The summed E-state index contributed by atoms with van der Waals surface area (Å²) in [6.07, 6.45) is 4.95. The first-order valence-corrected chi connectivity index (χ1v) is 7.61. The van der Waals surface area contributed by atoms with Gasteiger partial charge in [-0.3, -0.25) is 19.1 Å². The standard InChI is InChI=1S/C15H23N3O4/c1-15(2,3)18-13(21)10(12(20)17-14(18)22)11(19)16-9-7-5-4-6-8-9/h9,21H,4-8H2,1-3H3,(H,16,19)(H,17,20,22). The molecule has 3 N–H and O–H groups in total. The second-order valence-corrected chi connectivity index (χ2v) is 6.77. The van der Waals surface area contributed by atoms with Gasteiger partial charge in [0.1, 0.15) is 0 Å². The molecule has 7 heteroatoms. The lowest BCUT2D eigenvalue weighted by Gasteiger charge is -2.25. The predicted octanol–water partition coefficient (Wildman–Crippen LogP) is 1.06. The molecule has 0 bridgehead atoms. The maximum atomic E-state index is 12.3. The lowest BCUT2D eigenvalue weighted by Crippen LogP contribution is -2.44. The molecule has 1 amide bonds. The number of nitrogens with one attached hydrogen (secondary N) is 2. The van der Waals surface area contributed by atoms with Gasteiger partial charge in [0.25, 0.3) is 11.5 Å². The van der Waals surface area contributed by atoms with Crippen molar-refractivity contribution in [2.24, 2.45) is 0 Å². The number of carbonyl (C=O) groups excluding carboxylic acids is 1. The zero-order valence-corrected chi connectivity index (χ0v) is 13.2. The number of hydrogen-bond acceptors (Lipinski definition) is 4. The lowest BCUT2D eigenvalue weighted by molar-refractivity contribution is 0.0920. The van der Waals surface area contributed by atoms with Gasteiger partial charge in [0.05, 0.1) is 0 Å². The number of H-pyrrole nitrogens is 1. The molecule has 122 valence electrons. The highest BCUT2D eigenvalue weighted by atomic mass is 16.3. The quantitative estimate of drug-likeness (QED) is 0.759. The highest BCUT2D eigenvalue weighted by molar-refractivity contribution is 5.96. The Labute approximate surface area is 128 Å². The van der Waals surface area contributed by atoms with Crippen molar-refractivity contribution in [3.8, 4) is 5.88 Å². The first-order chi connectivity index (χ1) is 10.2. The molecule has 1 aliphatic carbocycles. The van der Waals surface area contributed by atoms with Crippen LogP contribution >= 0.6 is 0 Å². The summed E-state index contributed by atoms with van der Waals surface area (Å²) >= 11 is 0. The van der Waals surface area contributed by atoms with Crippen molar-refractivity contribution in [3.05, 3.63) is 26.4 Å². The second kappa shape index (κ2) is 5.98. The van der Waals surface area contributed by atoms with Crippen molar-refractivity contribution in [3.63, 3.8) is 0 Å². The van der Waals surface area contributed by atoms with E-state index in [-0.39, 0.29) is 6.04 Å². The Morgan fingerprint density at radius 3 is 2.36 bits per heavy atom. The molecular formula is C15H23N3O4. The van der Waals surface area contributed by atoms with E-state index in [0.717, 1.165) is 36.7 Å². The number of carbonyl (C=O) groups is 1. The summed E-state index contributed by atoms with van der Waals surface area (Å²) in [5, 5.41) is 13.0. The number of hydrogen-bond donors (Lipinski definition) is 3. The first-order valence-electron chi connectivity index (χ1n) is 7.61. The SMILES string of the molecule is CC(C)(C)n1c(O)c(C(=O)NC2CCCCC2)c(=O)[nH]c1=O. The Balaban J connectivity index is 2.40. The zero-order chi connectivity index (χ0) is 16.5. The molecule has 0 aliphatic heterocycles. The molecule has 0 unspecified atom stereocenters. The van der Waals surface area contributed by atoms with Crippen LogP contribution in [0.1, 0.15) is 63.2 Å².